The zero-order valence-electron chi connectivity index (χ0n) is 11.6. The number of hydrogen-bond donors (Lipinski definition) is 0. The van der Waals surface area contributed by atoms with Crippen molar-refractivity contribution in [2.24, 2.45) is 5.92 Å². The molecule has 0 N–H and O–H groups in total. The van der Waals surface area contributed by atoms with Crippen molar-refractivity contribution in [1.82, 2.24) is 9.47 Å². The molecule has 0 unspecified atom stereocenters. The first-order valence-corrected chi connectivity index (χ1v) is 6.94. The average molecular weight is 242 g/mol. The number of nitrogens with zero attached hydrogens (tertiary/aromatic N) is 2. The van der Waals surface area contributed by atoms with Gasteiger partial charge in [-0.05, 0) is 24.6 Å². The minimum atomic E-state index is 0.699. The van der Waals surface area contributed by atoms with Gasteiger partial charge in [-0.15, -0.1) is 0 Å². The van der Waals surface area contributed by atoms with E-state index in [0.717, 1.165) is 13.1 Å². The SMILES string of the molecule is CC(C)Cn1c2c(c3ccccc31)CN(C)CC2. The molecule has 3 rings (SSSR count). The molecule has 2 heteroatoms. The van der Waals surface area contributed by atoms with E-state index in [1.165, 1.54) is 23.9 Å². The summed E-state index contributed by atoms with van der Waals surface area (Å²) in [5, 5.41) is 1.46. The van der Waals surface area contributed by atoms with Gasteiger partial charge in [-0.3, -0.25) is 0 Å². The van der Waals surface area contributed by atoms with Gasteiger partial charge in [-0.25, -0.2) is 0 Å². The number of para-hydroxylation sites is 1. The summed E-state index contributed by atoms with van der Waals surface area (Å²) in [6.45, 7) is 8.02. The maximum absolute atomic E-state index is 2.56. The summed E-state index contributed by atoms with van der Waals surface area (Å²) in [7, 11) is 2.22. The Kier molecular flexibility index (Phi) is 2.90. The summed E-state index contributed by atoms with van der Waals surface area (Å²) in [5.41, 5.74) is 4.55. The van der Waals surface area contributed by atoms with E-state index < -0.39 is 0 Å². The minimum absolute atomic E-state index is 0.699. The van der Waals surface area contributed by atoms with Crippen LogP contribution < -0.4 is 0 Å². The molecule has 1 aromatic heterocycles. The van der Waals surface area contributed by atoms with Crippen molar-refractivity contribution in [3.05, 3.63) is 35.5 Å². The number of benzene rings is 1. The second-order valence-electron chi connectivity index (χ2n) is 5.93. The number of rotatable bonds is 2. The third-order valence-corrected chi connectivity index (χ3v) is 3.90. The van der Waals surface area contributed by atoms with Crippen LogP contribution in [0.4, 0.5) is 0 Å². The number of aromatic nitrogens is 1. The quantitative estimate of drug-likeness (QED) is 0.784. The molecule has 1 aliphatic heterocycles. The standard InChI is InChI=1S/C16H22N2/c1-12(2)10-18-15-7-5-4-6-13(15)14-11-17(3)9-8-16(14)18/h4-7,12H,8-11H2,1-3H3. The van der Waals surface area contributed by atoms with Gasteiger partial charge in [0.1, 0.15) is 0 Å². The first-order chi connectivity index (χ1) is 8.66. The van der Waals surface area contributed by atoms with Crippen LogP contribution in [0, 0.1) is 5.92 Å². The Bertz CT molecular complexity index is 566. The largest absolute Gasteiger partial charge is 0.344 e. The number of likely N-dealkylation sites (N-methyl/N-ethyl adjacent to an activating group) is 1. The van der Waals surface area contributed by atoms with Crippen molar-refractivity contribution in [3.8, 4) is 0 Å². The predicted molar refractivity (Wildman–Crippen MR) is 76.8 cm³/mol. The fourth-order valence-electron chi connectivity index (χ4n) is 3.11. The monoisotopic (exact) mass is 242 g/mol. The van der Waals surface area contributed by atoms with Crippen molar-refractivity contribution in [3.63, 3.8) is 0 Å². The lowest BCUT2D eigenvalue weighted by atomic mass is 10.1. The molecular formula is C16H22N2. The molecule has 0 bridgehead atoms. The summed E-state index contributed by atoms with van der Waals surface area (Å²) >= 11 is 0. The molecule has 0 aliphatic carbocycles. The second kappa shape index (κ2) is 4.43. The molecule has 2 aromatic rings. The van der Waals surface area contributed by atoms with E-state index in [1.807, 2.05) is 0 Å². The molecule has 0 amide bonds. The Morgan fingerprint density at radius 1 is 1.22 bits per heavy atom. The highest BCUT2D eigenvalue weighted by Crippen LogP contribution is 2.31. The van der Waals surface area contributed by atoms with Crippen molar-refractivity contribution in [2.45, 2.75) is 33.4 Å². The van der Waals surface area contributed by atoms with Crippen molar-refractivity contribution in [1.29, 1.82) is 0 Å². The molecule has 18 heavy (non-hydrogen) atoms. The molecule has 96 valence electrons. The number of fused-ring (bicyclic) bond motifs is 3. The molecule has 0 spiro atoms. The van der Waals surface area contributed by atoms with Gasteiger partial charge >= 0.3 is 0 Å². The lowest BCUT2D eigenvalue weighted by Crippen LogP contribution is -2.27. The third kappa shape index (κ3) is 1.85. The highest BCUT2D eigenvalue weighted by molar-refractivity contribution is 5.85. The van der Waals surface area contributed by atoms with Crippen LogP contribution in [-0.2, 0) is 19.5 Å². The molecule has 0 fully saturated rings. The van der Waals surface area contributed by atoms with Crippen LogP contribution in [-0.4, -0.2) is 23.1 Å². The van der Waals surface area contributed by atoms with Gasteiger partial charge in [0, 0.05) is 42.7 Å². The van der Waals surface area contributed by atoms with Crippen molar-refractivity contribution < 1.29 is 0 Å². The minimum Gasteiger partial charge on any atom is -0.344 e. The summed E-state index contributed by atoms with van der Waals surface area (Å²) in [4.78, 5) is 2.43. The van der Waals surface area contributed by atoms with Gasteiger partial charge in [0.05, 0.1) is 0 Å². The van der Waals surface area contributed by atoms with Gasteiger partial charge < -0.3 is 9.47 Å². The van der Waals surface area contributed by atoms with Crippen LogP contribution in [0.15, 0.2) is 24.3 Å². The highest BCUT2D eigenvalue weighted by atomic mass is 15.1. The lowest BCUT2D eigenvalue weighted by Gasteiger charge is -2.24. The van der Waals surface area contributed by atoms with Crippen LogP contribution in [0.25, 0.3) is 10.9 Å². The Morgan fingerprint density at radius 3 is 2.78 bits per heavy atom. The Hall–Kier alpha value is -1.28. The van der Waals surface area contributed by atoms with E-state index in [-0.39, 0.29) is 0 Å². The molecule has 1 aromatic carbocycles. The third-order valence-electron chi connectivity index (χ3n) is 3.90. The first kappa shape index (κ1) is 11.8. The van der Waals surface area contributed by atoms with E-state index in [0.29, 0.717) is 5.92 Å². The van der Waals surface area contributed by atoms with Crippen LogP contribution >= 0.6 is 0 Å². The molecule has 0 atom stereocenters. The fourth-order valence-corrected chi connectivity index (χ4v) is 3.11. The second-order valence-corrected chi connectivity index (χ2v) is 5.93. The molecule has 0 saturated heterocycles. The van der Waals surface area contributed by atoms with Crippen molar-refractivity contribution in [2.75, 3.05) is 13.6 Å². The normalized spacial score (nSPS) is 16.4. The summed E-state index contributed by atoms with van der Waals surface area (Å²) in [6.07, 6.45) is 1.19. The molecule has 0 saturated carbocycles. The molecule has 0 radical (unpaired) electrons. The van der Waals surface area contributed by atoms with Gasteiger partial charge in [0.15, 0.2) is 0 Å². The van der Waals surface area contributed by atoms with Crippen LogP contribution in [0.1, 0.15) is 25.1 Å². The number of hydrogen-bond acceptors (Lipinski definition) is 1. The van der Waals surface area contributed by atoms with Gasteiger partial charge in [0.25, 0.3) is 0 Å². The van der Waals surface area contributed by atoms with E-state index in [4.69, 9.17) is 0 Å². The maximum Gasteiger partial charge on any atom is 0.0485 e. The van der Waals surface area contributed by atoms with E-state index in [9.17, 15) is 0 Å². The summed E-state index contributed by atoms with van der Waals surface area (Å²) in [5.74, 6) is 0.699. The zero-order chi connectivity index (χ0) is 12.7. The Balaban J connectivity index is 2.21. The molecular weight excluding hydrogens is 220 g/mol. The molecule has 2 nitrogen and oxygen atoms in total. The molecule has 1 aliphatic rings. The lowest BCUT2D eigenvalue weighted by molar-refractivity contribution is 0.308. The van der Waals surface area contributed by atoms with Gasteiger partial charge in [0.2, 0.25) is 0 Å². The Morgan fingerprint density at radius 2 is 2.00 bits per heavy atom. The first-order valence-electron chi connectivity index (χ1n) is 6.94. The molecule has 2 heterocycles. The van der Waals surface area contributed by atoms with E-state index >= 15 is 0 Å². The van der Waals surface area contributed by atoms with Gasteiger partial charge in [-0.1, -0.05) is 32.0 Å². The van der Waals surface area contributed by atoms with Crippen LogP contribution in [0.3, 0.4) is 0 Å². The Labute approximate surface area is 109 Å². The average Bonchev–Trinajstić information content (AvgIpc) is 2.64. The van der Waals surface area contributed by atoms with Crippen LogP contribution in [0.2, 0.25) is 0 Å². The van der Waals surface area contributed by atoms with E-state index in [1.54, 1.807) is 11.3 Å². The van der Waals surface area contributed by atoms with Gasteiger partial charge in [-0.2, -0.15) is 0 Å². The predicted octanol–water partition coefficient (Wildman–Crippen LogP) is 3.29. The summed E-state index contributed by atoms with van der Waals surface area (Å²) < 4.78 is 2.56. The summed E-state index contributed by atoms with van der Waals surface area (Å²) in [6, 6.07) is 8.88. The van der Waals surface area contributed by atoms with Crippen LogP contribution in [0.5, 0.6) is 0 Å². The van der Waals surface area contributed by atoms with Crippen molar-refractivity contribution >= 4 is 10.9 Å². The van der Waals surface area contributed by atoms with E-state index in [2.05, 4.69) is 54.6 Å². The maximum atomic E-state index is 2.56. The topological polar surface area (TPSA) is 8.17 Å². The highest BCUT2D eigenvalue weighted by Gasteiger charge is 2.22. The fraction of sp³-hybridized carbons (Fsp3) is 0.500. The zero-order valence-corrected chi connectivity index (χ0v) is 11.6. The smallest absolute Gasteiger partial charge is 0.0485 e.